The highest BCUT2D eigenvalue weighted by Gasteiger charge is 2.28. The highest BCUT2D eigenvalue weighted by atomic mass is 32.1. The molecule has 1 N–H and O–H groups in total. The third kappa shape index (κ3) is 3.62. The summed E-state index contributed by atoms with van der Waals surface area (Å²) in [7, 11) is 0. The van der Waals surface area contributed by atoms with Crippen LogP contribution in [0.2, 0.25) is 0 Å². The van der Waals surface area contributed by atoms with Gasteiger partial charge in [0.1, 0.15) is 5.00 Å². The number of ketones is 1. The van der Waals surface area contributed by atoms with Crippen LogP contribution < -0.4 is 10.2 Å². The van der Waals surface area contributed by atoms with Gasteiger partial charge in [-0.1, -0.05) is 6.07 Å². The first kappa shape index (κ1) is 20.2. The fourth-order valence-corrected chi connectivity index (χ4v) is 6.42. The van der Waals surface area contributed by atoms with Crippen LogP contribution in [0.4, 0.5) is 10.7 Å². The summed E-state index contributed by atoms with van der Waals surface area (Å²) >= 11 is 2.97. The van der Waals surface area contributed by atoms with Gasteiger partial charge in [-0.2, -0.15) is 0 Å². The van der Waals surface area contributed by atoms with E-state index < -0.39 is 0 Å². The molecular formula is C24H22N2O3S2. The number of hydrogen-bond acceptors (Lipinski definition) is 5. The number of nitrogens with one attached hydrogen (secondary N) is 1. The number of amides is 2. The number of benzene rings is 1. The smallest absolute Gasteiger partial charge is 0.256 e. The van der Waals surface area contributed by atoms with E-state index in [2.05, 4.69) is 5.32 Å². The lowest BCUT2D eigenvalue weighted by Crippen LogP contribution is -2.25. The van der Waals surface area contributed by atoms with Crippen molar-refractivity contribution in [2.45, 2.75) is 39.0 Å². The zero-order valence-electron chi connectivity index (χ0n) is 17.2. The molecule has 1 aliphatic heterocycles. The molecule has 3 heterocycles. The molecule has 0 bridgehead atoms. The molecule has 2 amide bonds. The highest BCUT2D eigenvalue weighted by molar-refractivity contribution is 7.17. The van der Waals surface area contributed by atoms with Crippen LogP contribution in [0.25, 0.3) is 0 Å². The molecule has 5 rings (SSSR count). The van der Waals surface area contributed by atoms with Gasteiger partial charge in [0.25, 0.3) is 5.91 Å². The molecule has 2 aliphatic rings. The predicted octanol–water partition coefficient (Wildman–Crippen LogP) is 5.08. The van der Waals surface area contributed by atoms with E-state index in [1.165, 1.54) is 27.6 Å². The van der Waals surface area contributed by atoms with E-state index in [1.807, 2.05) is 29.6 Å². The fraction of sp³-hybridized carbons (Fsp3) is 0.292. The van der Waals surface area contributed by atoms with Crippen molar-refractivity contribution in [2.24, 2.45) is 0 Å². The molecule has 0 atom stereocenters. The molecule has 0 unspecified atom stereocenters. The van der Waals surface area contributed by atoms with Crippen molar-refractivity contribution in [3.05, 3.63) is 67.7 Å². The molecule has 158 valence electrons. The van der Waals surface area contributed by atoms with Gasteiger partial charge in [0.15, 0.2) is 0 Å². The number of nitrogens with zero attached hydrogens (tertiary/aromatic N) is 1. The Labute approximate surface area is 188 Å². The summed E-state index contributed by atoms with van der Waals surface area (Å²) < 4.78 is 0. The van der Waals surface area contributed by atoms with E-state index >= 15 is 0 Å². The van der Waals surface area contributed by atoms with E-state index in [-0.39, 0.29) is 17.6 Å². The van der Waals surface area contributed by atoms with Gasteiger partial charge in [-0.25, -0.2) is 0 Å². The Morgan fingerprint density at radius 2 is 1.90 bits per heavy atom. The number of fused-ring (bicyclic) bond motifs is 2. The second-order valence-corrected chi connectivity index (χ2v) is 9.99. The summed E-state index contributed by atoms with van der Waals surface area (Å²) in [5, 5.41) is 5.59. The van der Waals surface area contributed by atoms with Crippen LogP contribution in [-0.4, -0.2) is 24.1 Å². The average Bonchev–Trinajstić information content (AvgIpc) is 3.50. The highest BCUT2D eigenvalue weighted by Crippen LogP contribution is 2.40. The van der Waals surface area contributed by atoms with Gasteiger partial charge in [-0.3, -0.25) is 14.4 Å². The van der Waals surface area contributed by atoms with Gasteiger partial charge in [-0.05, 0) is 72.9 Å². The van der Waals surface area contributed by atoms with Crippen molar-refractivity contribution < 1.29 is 14.4 Å². The Morgan fingerprint density at radius 3 is 2.68 bits per heavy atom. The summed E-state index contributed by atoms with van der Waals surface area (Å²) in [5.74, 6) is -0.212. The van der Waals surface area contributed by atoms with Crippen LogP contribution in [0, 0.1) is 0 Å². The molecule has 2 aromatic heterocycles. The molecule has 0 saturated carbocycles. The second-order valence-electron chi connectivity index (χ2n) is 7.94. The molecule has 0 saturated heterocycles. The molecule has 0 spiro atoms. The average molecular weight is 451 g/mol. The minimum atomic E-state index is -0.220. The summed E-state index contributed by atoms with van der Waals surface area (Å²) in [6.07, 6.45) is 4.77. The molecule has 0 fully saturated rings. The third-order valence-corrected chi connectivity index (χ3v) is 8.06. The van der Waals surface area contributed by atoms with Crippen molar-refractivity contribution in [2.75, 3.05) is 16.8 Å². The number of anilines is 2. The van der Waals surface area contributed by atoms with Crippen molar-refractivity contribution >= 4 is 51.0 Å². The topological polar surface area (TPSA) is 66.5 Å². The maximum absolute atomic E-state index is 13.3. The molecule has 5 nitrogen and oxygen atoms in total. The van der Waals surface area contributed by atoms with Crippen molar-refractivity contribution in [1.82, 2.24) is 0 Å². The predicted molar refractivity (Wildman–Crippen MR) is 125 cm³/mol. The zero-order chi connectivity index (χ0) is 21.5. The Bertz CT molecular complexity index is 1190. The normalized spacial score (nSPS) is 14.8. The minimum Gasteiger partial charge on any atom is -0.313 e. The summed E-state index contributed by atoms with van der Waals surface area (Å²) in [5.41, 5.74) is 4.20. The first-order valence-electron chi connectivity index (χ1n) is 10.5. The molecule has 7 heteroatoms. The molecule has 0 radical (unpaired) electrons. The van der Waals surface area contributed by atoms with Crippen LogP contribution in [-0.2, 0) is 24.1 Å². The van der Waals surface area contributed by atoms with Crippen molar-refractivity contribution in [1.29, 1.82) is 0 Å². The van der Waals surface area contributed by atoms with E-state index in [9.17, 15) is 14.4 Å². The summed E-state index contributed by atoms with van der Waals surface area (Å²) in [4.78, 5) is 41.8. The lowest BCUT2D eigenvalue weighted by atomic mass is 9.93. The van der Waals surface area contributed by atoms with Gasteiger partial charge in [-0.15, -0.1) is 22.7 Å². The first-order valence-corrected chi connectivity index (χ1v) is 12.2. The Balaban J connectivity index is 1.46. The lowest BCUT2D eigenvalue weighted by Gasteiger charge is -2.15. The Hall–Kier alpha value is -2.77. The third-order valence-electron chi connectivity index (χ3n) is 5.99. The minimum absolute atomic E-state index is 0.00393. The number of carbonyl (C=O) groups excluding carboxylic acids is 3. The van der Waals surface area contributed by atoms with Gasteiger partial charge in [0, 0.05) is 29.6 Å². The number of aryl methyl sites for hydroxylation is 1. The molecule has 3 aromatic rings. The largest absolute Gasteiger partial charge is 0.313 e. The molecule has 1 aliphatic carbocycles. The number of hydrogen-bond donors (Lipinski definition) is 1. The van der Waals surface area contributed by atoms with Crippen molar-refractivity contribution in [3.8, 4) is 0 Å². The van der Waals surface area contributed by atoms with Crippen LogP contribution in [0.3, 0.4) is 0 Å². The van der Waals surface area contributed by atoms with Crippen LogP contribution in [0.1, 0.15) is 61.4 Å². The maximum Gasteiger partial charge on any atom is 0.256 e. The van der Waals surface area contributed by atoms with Gasteiger partial charge in [0.05, 0.1) is 10.4 Å². The van der Waals surface area contributed by atoms with Gasteiger partial charge < -0.3 is 10.2 Å². The lowest BCUT2D eigenvalue weighted by molar-refractivity contribution is -0.116. The molecule has 1 aromatic carbocycles. The quantitative estimate of drug-likeness (QED) is 0.564. The Kier molecular flexibility index (Phi) is 5.24. The summed E-state index contributed by atoms with van der Waals surface area (Å²) in [6.45, 7) is 2.20. The Morgan fingerprint density at radius 1 is 1.06 bits per heavy atom. The van der Waals surface area contributed by atoms with Crippen LogP contribution in [0.15, 0.2) is 35.7 Å². The van der Waals surface area contributed by atoms with Crippen molar-refractivity contribution in [3.63, 3.8) is 0 Å². The molecule has 31 heavy (non-hydrogen) atoms. The maximum atomic E-state index is 13.3. The fourth-order valence-electron chi connectivity index (χ4n) is 4.47. The van der Waals surface area contributed by atoms with E-state index in [4.69, 9.17) is 0 Å². The molecular weight excluding hydrogens is 428 g/mol. The summed E-state index contributed by atoms with van der Waals surface area (Å²) in [6, 6.07) is 9.18. The van der Waals surface area contributed by atoms with E-state index in [0.717, 1.165) is 48.9 Å². The van der Waals surface area contributed by atoms with Gasteiger partial charge >= 0.3 is 0 Å². The van der Waals surface area contributed by atoms with Gasteiger partial charge in [0.2, 0.25) is 11.7 Å². The monoisotopic (exact) mass is 450 g/mol. The first-order chi connectivity index (χ1) is 15.0. The zero-order valence-corrected chi connectivity index (χ0v) is 18.8. The second kappa shape index (κ2) is 8.05. The number of rotatable bonds is 4. The van der Waals surface area contributed by atoms with E-state index in [0.29, 0.717) is 27.5 Å². The number of carbonyl (C=O) groups is 3. The van der Waals surface area contributed by atoms with Crippen LogP contribution >= 0.6 is 22.7 Å². The van der Waals surface area contributed by atoms with Crippen LogP contribution in [0.5, 0.6) is 0 Å². The number of thiophene rings is 2. The van der Waals surface area contributed by atoms with E-state index in [1.54, 1.807) is 17.9 Å². The standard InChI is InChI=1S/C24H22N2O3S2/c1-14(27)26-11-10-15-13-16(8-9-18(15)26)23(29)25-24-21(22(28)20-7-4-12-30-20)17-5-2-3-6-19(17)31-24/h4,7-9,12-13H,2-3,5-6,10-11H2,1H3,(H,25,29). The SMILES string of the molecule is CC(=O)N1CCc2cc(C(=O)Nc3sc4c(c3C(=O)c3cccs3)CCCC4)ccc21.